The van der Waals surface area contributed by atoms with Gasteiger partial charge in [0.25, 0.3) is 0 Å². The molecule has 1 N–H and O–H groups in total. The molecule has 1 fully saturated rings. The summed E-state index contributed by atoms with van der Waals surface area (Å²) >= 11 is 6.22. The van der Waals surface area contributed by atoms with E-state index in [1.165, 1.54) is 37.5 Å². The number of aromatic nitrogens is 1. The Kier molecular flexibility index (Phi) is 4.23. The number of hydrogen-bond acceptors (Lipinski definition) is 2. The van der Waals surface area contributed by atoms with E-state index < -0.39 is 0 Å². The second kappa shape index (κ2) is 6.11. The van der Waals surface area contributed by atoms with Crippen LogP contribution >= 0.6 is 11.6 Å². The van der Waals surface area contributed by atoms with Crippen LogP contribution in [0.25, 0.3) is 10.9 Å². The Morgan fingerprint density at radius 3 is 2.65 bits per heavy atom. The molecular formula is C17H21ClN2. The summed E-state index contributed by atoms with van der Waals surface area (Å²) in [6.07, 6.45) is 6.28. The van der Waals surface area contributed by atoms with Crippen LogP contribution in [-0.2, 0) is 6.54 Å². The molecule has 2 nitrogen and oxygen atoms in total. The summed E-state index contributed by atoms with van der Waals surface area (Å²) in [5.74, 6) is 0.695. The fraction of sp³-hybridized carbons (Fsp3) is 0.471. The van der Waals surface area contributed by atoms with Gasteiger partial charge in [0.1, 0.15) is 0 Å². The lowest BCUT2D eigenvalue weighted by Gasteiger charge is -2.36. The topological polar surface area (TPSA) is 24.9 Å². The molecule has 1 heterocycles. The number of rotatable bonds is 4. The number of pyridine rings is 1. The van der Waals surface area contributed by atoms with E-state index in [-0.39, 0.29) is 5.54 Å². The van der Waals surface area contributed by atoms with Crippen molar-refractivity contribution in [2.45, 2.75) is 44.2 Å². The number of nitrogens with one attached hydrogen (secondary N) is 1. The molecule has 3 heteroatoms. The molecule has 2 aromatic rings. The summed E-state index contributed by atoms with van der Waals surface area (Å²) in [5.41, 5.74) is 2.28. The van der Waals surface area contributed by atoms with Crippen molar-refractivity contribution < 1.29 is 0 Å². The molecule has 1 aromatic heterocycles. The third kappa shape index (κ3) is 2.97. The molecule has 1 saturated carbocycles. The van der Waals surface area contributed by atoms with Gasteiger partial charge in [0.15, 0.2) is 0 Å². The van der Waals surface area contributed by atoms with E-state index in [1.807, 2.05) is 12.1 Å². The summed E-state index contributed by atoms with van der Waals surface area (Å²) in [5, 5.41) is 4.87. The number of halogens is 1. The van der Waals surface area contributed by atoms with Crippen LogP contribution in [0.4, 0.5) is 0 Å². The van der Waals surface area contributed by atoms with Crippen LogP contribution in [-0.4, -0.2) is 16.4 Å². The van der Waals surface area contributed by atoms with Gasteiger partial charge in [-0.2, -0.15) is 0 Å². The third-order valence-corrected chi connectivity index (χ3v) is 4.88. The predicted molar refractivity (Wildman–Crippen MR) is 85.1 cm³/mol. The van der Waals surface area contributed by atoms with Gasteiger partial charge in [0.05, 0.1) is 11.2 Å². The number of hydrogen-bond donors (Lipinski definition) is 1. The van der Waals surface area contributed by atoms with Crippen LogP contribution in [0.1, 0.15) is 37.8 Å². The molecule has 106 valence electrons. The van der Waals surface area contributed by atoms with Gasteiger partial charge < -0.3 is 5.32 Å². The van der Waals surface area contributed by atoms with Crippen LogP contribution in [0.3, 0.4) is 0 Å². The van der Waals surface area contributed by atoms with Crippen LogP contribution in [0.5, 0.6) is 0 Å². The van der Waals surface area contributed by atoms with Gasteiger partial charge in [-0.1, -0.05) is 43.5 Å². The summed E-state index contributed by atoms with van der Waals surface area (Å²) < 4.78 is 0. The molecule has 1 aliphatic rings. The molecule has 0 atom stereocenters. The monoisotopic (exact) mass is 288 g/mol. The minimum Gasteiger partial charge on any atom is -0.304 e. The highest BCUT2D eigenvalue weighted by Gasteiger charge is 2.30. The number of para-hydroxylation sites is 1. The largest absolute Gasteiger partial charge is 0.304 e. The van der Waals surface area contributed by atoms with E-state index in [0.29, 0.717) is 5.88 Å². The molecule has 0 spiro atoms. The fourth-order valence-electron chi connectivity index (χ4n) is 3.07. The highest BCUT2D eigenvalue weighted by atomic mass is 35.5. The molecule has 0 saturated heterocycles. The lowest BCUT2D eigenvalue weighted by Crippen LogP contribution is -2.48. The second-order valence-corrected chi connectivity index (χ2v) is 6.09. The first-order valence-electron chi connectivity index (χ1n) is 7.47. The van der Waals surface area contributed by atoms with Crippen molar-refractivity contribution in [1.82, 2.24) is 10.3 Å². The van der Waals surface area contributed by atoms with Crippen LogP contribution in [0, 0.1) is 0 Å². The first-order chi connectivity index (χ1) is 9.81. The van der Waals surface area contributed by atoms with Gasteiger partial charge in [-0.15, -0.1) is 11.6 Å². The Hall–Kier alpha value is -1.12. The van der Waals surface area contributed by atoms with Crippen molar-refractivity contribution in [3.8, 4) is 0 Å². The molecule has 20 heavy (non-hydrogen) atoms. The van der Waals surface area contributed by atoms with Crippen LogP contribution < -0.4 is 5.32 Å². The molecule has 0 aliphatic heterocycles. The minimum atomic E-state index is 0.118. The summed E-state index contributed by atoms with van der Waals surface area (Å²) in [6, 6.07) is 12.5. The van der Waals surface area contributed by atoms with Gasteiger partial charge in [-0.05, 0) is 25.0 Å². The Balaban J connectivity index is 1.72. The van der Waals surface area contributed by atoms with Gasteiger partial charge in [0.2, 0.25) is 0 Å². The van der Waals surface area contributed by atoms with Crippen molar-refractivity contribution in [2.24, 2.45) is 0 Å². The van der Waals surface area contributed by atoms with E-state index in [1.54, 1.807) is 0 Å². The first-order valence-corrected chi connectivity index (χ1v) is 8.00. The minimum absolute atomic E-state index is 0.118. The van der Waals surface area contributed by atoms with Crippen LogP contribution in [0.2, 0.25) is 0 Å². The summed E-state index contributed by atoms with van der Waals surface area (Å²) in [7, 11) is 0. The maximum absolute atomic E-state index is 6.22. The quantitative estimate of drug-likeness (QED) is 0.850. The molecular weight excluding hydrogens is 268 g/mol. The normalized spacial score (nSPS) is 18.2. The van der Waals surface area contributed by atoms with E-state index in [2.05, 4.69) is 29.6 Å². The molecule has 0 bridgehead atoms. The van der Waals surface area contributed by atoms with Crippen molar-refractivity contribution >= 4 is 22.5 Å². The van der Waals surface area contributed by atoms with E-state index in [4.69, 9.17) is 16.6 Å². The van der Waals surface area contributed by atoms with Gasteiger partial charge in [-0.25, -0.2) is 0 Å². The Morgan fingerprint density at radius 1 is 1.05 bits per heavy atom. The highest BCUT2D eigenvalue weighted by Crippen LogP contribution is 2.29. The van der Waals surface area contributed by atoms with Gasteiger partial charge in [0, 0.05) is 23.3 Å². The van der Waals surface area contributed by atoms with Gasteiger partial charge >= 0.3 is 0 Å². The maximum atomic E-state index is 6.22. The van der Waals surface area contributed by atoms with E-state index in [9.17, 15) is 0 Å². The Bertz CT molecular complexity index is 576. The maximum Gasteiger partial charge on any atom is 0.0705 e. The Labute approximate surface area is 125 Å². The van der Waals surface area contributed by atoms with Crippen molar-refractivity contribution in [3.05, 3.63) is 42.1 Å². The molecule has 1 aliphatic carbocycles. The van der Waals surface area contributed by atoms with Crippen molar-refractivity contribution in [1.29, 1.82) is 0 Å². The standard InChI is InChI=1S/C17H21ClN2/c18-13-17(10-4-1-5-11-17)19-12-15-9-8-14-6-2-3-7-16(14)20-15/h2-3,6-9,19H,1,4-5,10-13H2. The smallest absolute Gasteiger partial charge is 0.0705 e. The lowest BCUT2D eigenvalue weighted by molar-refractivity contribution is 0.255. The van der Waals surface area contributed by atoms with Crippen molar-refractivity contribution in [2.75, 3.05) is 5.88 Å². The number of fused-ring (bicyclic) bond motifs is 1. The third-order valence-electron chi connectivity index (χ3n) is 4.37. The zero-order chi connectivity index (χ0) is 13.8. The molecule has 0 radical (unpaired) electrons. The number of alkyl halides is 1. The van der Waals surface area contributed by atoms with Gasteiger partial charge in [-0.3, -0.25) is 4.98 Å². The zero-order valence-corrected chi connectivity index (χ0v) is 12.5. The molecule has 0 amide bonds. The molecule has 1 aromatic carbocycles. The van der Waals surface area contributed by atoms with E-state index >= 15 is 0 Å². The first kappa shape index (κ1) is 13.8. The number of nitrogens with zero attached hydrogens (tertiary/aromatic N) is 1. The summed E-state index contributed by atoms with van der Waals surface area (Å²) in [4.78, 5) is 4.72. The zero-order valence-electron chi connectivity index (χ0n) is 11.7. The molecule has 0 unspecified atom stereocenters. The fourth-order valence-corrected chi connectivity index (χ4v) is 3.43. The highest BCUT2D eigenvalue weighted by molar-refractivity contribution is 6.18. The predicted octanol–water partition coefficient (Wildman–Crippen LogP) is 4.27. The Morgan fingerprint density at radius 2 is 1.85 bits per heavy atom. The average molecular weight is 289 g/mol. The average Bonchev–Trinajstić information content (AvgIpc) is 2.54. The lowest BCUT2D eigenvalue weighted by atomic mass is 9.83. The summed E-state index contributed by atoms with van der Waals surface area (Å²) in [6.45, 7) is 0.803. The van der Waals surface area contributed by atoms with Crippen LogP contribution in [0.15, 0.2) is 36.4 Å². The number of benzene rings is 1. The second-order valence-electron chi connectivity index (χ2n) is 5.82. The SMILES string of the molecule is ClCC1(NCc2ccc3ccccc3n2)CCCCC1. The molecule has 3 rings (SSSR count). The van der Waals surface area contributed by atoms with Crippen molar-refractivity contribution in [3.63, 3.8) is 0 Å². The van der Waals surface area contributed by atoms with E-state index in [0.717, 1.165) is 17.8 Å².